The molecule has 2 aromatic carbocycles. The zero-order chi connectivity index (χ0) is 12.9. The molecule has 90 valence electrons. The molecular formula is C16H13ClO. The van der Waals surface area contributed by atoms with Gasteiger partial charge in [0.05, 0.1) is 0 Å². The normalized spacial score (nSPS) is 17.3. The van der Waals surface area contributed by atoms with Gasteiger partial charge in [-0.05, 0) is 29.7 Å². The summed E-state index contributed by atoms with van der Waals surface area (Å²) in [5.41, 5.74) is 4.64. The molecule has 0 aliphatic heterocycles. The number of ketones is 1. The first-order valence-corrected chi connectivity index (χ1v) is 6.41. The Hall–Kier alpha value is -1.60. The fraction of sp³-hybridized carbons (Fsp3) is 0.188. The molecule has 1 nitrogen and oxygen atoms in total. The number of carbonyl (C=O) groups is 1. The molecule has 0 heterocycles. The maximum absolute atomic E-state index is 12.6. The number of hydrogen-bond acceptors (Lipinski definition) is 1. The van der Waals surface area contributed by atoms with Crippen LogP contribution in [0.5, 0.6) is 0 Å². The van der Waals surface area contributed by atoms with E-state index in [1.807, 2.05) is 43.3 Å². The number of hydrogen-bond donors (Lipinski definition) is 0. The van der Waals surface area contributed by atoms with Gasteiger partial charge in [-0.25, -0.2) is 0 Å². The fourth-order valence-corrected chi connectivity index (χ4v) is 3.12. The summed E-state index contributed by atoms with van der Waals surface area (Å²) in [4.78, 5) is 12.6. The molecule has 1 aliphatic carbocycles. The monoisotopic (exact) mass is 256 g/mol. The van der Waals surface area contributed by atoms with Gasteiger partial charge in [-0.2, -0.15) is 0 Å². The predicted molar refractivity (Wildman–Crippen MR) is 73.6 cm³/mol. The lowest BCUT2D eigenvalue weighted by molar-refractivity contribution is 0.103. The van der Waals surface area contributed by atoms with Crippen LogP contribution in [0.15, 0.2) is 36.4 Å². The van der Waals surface area contributed by atoms with E-state index in [1.54, 1.807) is 0 Å². The highest BCUT2D eigenvalue weighted by Gasteiger charge is 2.30. The molecule has 0 aromatic heterocycles. The molecule has 0 fully saturated rings. The third-order valence-electron chi connectivity index (χ3n) is 3.73. The Morgan fingerprint density at radius 1 is 1.11 bits per heavy atom. The number of fused-ring (bicyclic) bond motifs is 2. The van der Waals surface area contributed by atoms with E-state index >= 15 is 0 Å². The van der Waals surface area contributed by atoms with Crippen LogP contribution in [-0.4, -0.2) is 5.78 Å². The van der Waals surface area contributed by atoms with Gasteiger partial charge < -0.3 is 0 Å². The summed E-state index contributed by atoms with van der Waals surface area (Å²) in [5.74, 6) is 0.264. The lowest BCUT2D eigenvalue weighted by atomic mass is 9.77. The van der Waals surface area contributed by atoms with Crippen molar-refractivity contribution in [2.45, 2.75) is 19.8 Å². The van der Waals surface area contributed by atoms with E-state index in [1.165, 1.54) is 0 Å². The van der Waals surface area contributed by atoms with Crippen LogP contribution in [0, 0.1) is 6.92 Å². The van der Waals surface area contributed by atoms with Crippen LogP contribution in [0.4, 0.5) is 0 Å². The molecule has 1 unspecified atom stereocenters. The summed E-state index contributed by atoms with van der Waals surface area (Å²) in [6.45, 7) is 4.07. The van der Waals surface area contributed by atoms with E-state index in [-0.39, 0.29) is 11.7 Å². The molecule has 2 aromatic rings. The van der Waals surface area contributed by atoms with Crippen molar-refractivity contribution in [1.82, 2.24) is 0 Å². The van der Waals surface area contributed by atoms with Gasteiger partial charge in [-0.15, -0.1) is 0 Å². The van der Waals surface area contributed by atoms with Crippen molar-refractivity contribution in [2.75, 3.05) is 0 Å². The van der Waals surface area contributed by atoms with Crippen molar-refractivity contribution >= 4 is 17.4 Å². The van der Waals surface area contributed by atoms with Crippen LogP contribution < -0.4 is 0 Å². The average molecular weight is 257 g/mol. The Kier molecular flexibility index (Phi) is 2.53. The summed E-state index contributed by atoms with van der Waals surface area (Å²) in [6, 6.07) is 11.6. The molecule has 1 atom stereocenters. The highest BCUT2D eigenvalue weighted by Crippen LogP contribution is 2.40. The van der Waals surface area contributed by atoms with Crippen molar-refractivity contribution in [1.29, 1.82) is 0 Å². The summed E-state index contributed by atoms with van der Waals surface area (Å²) in [6.07, 6.45) is 0. The van der Waals surface area contributed by atoms with Gasteiger partial charge in [0.2, 0.25) is 0 Å². The van der Waals surface area contributed by atoms with Gasteiger partial charge >= 0.3 is 0 Å². The van der Waals surface area contributed by atoms with Gasteiger partial charge in [0.15, 0.2) is 5.78 Å². The molecule has 2 heteroatoms. The minimum Gasteiger partial charge on any atom is -0.289 e. The first-order valence-electron chi connectivity index (χ1n) is 6.04. The smallest absolute Gasteiger partial charge is 0.193 e. The van der Waals surface area contributed by atoms with Crippen LogP contribution in [0.1, 0.15) is 45.5 Å². The van der Waals surface area contributed by atoms with Gasteiger partial charge in [-0.3, -0.25) is 4.79 Å². The standard InChI is InChI=1S/C16H13ClO/c1-9-7-8-13(17)15-10(2)11-5-3-4-6-12(11)16(18)14(9)15/h3-8,10H,1-2H3. The number of aryl methyl sites for hydroxylation is 1. The number of rotatable bonds is 0. The van der Waals surface area contributed by atoms with E-state index in [4.69, 9.17) is 11.6 Å². The molecular weight excluding hydrogens is 244 g/mol. The topological polar surface area (TPSA) is 17.1 Å². The number of halogens is 1. The van der Waals surface area contributed by atoms with Crippen LogP contribution in [0.25, 0.3) is 0 Å². The largest absolute Gasteiger partial charge is 0.289 e. The molecule has 3 rings (SSSR count). The van der Waals surface area contributed by atoms with Crippen molar-refractivity contribution in [2.24, 2.45) is 0 Å². The Morgan fingerprint density at radius 2 is 1.83 bits per heavy atom. The quantitative estimate of drug-likeness (QED) is 0.685. The average Bonchev–Trinajstić information content (AvgIpc) is 2.38. The molecule has 0 radical (unpaired) electrons. The summed E-state index contributed by atoms with van der Waals surface area (Å²) in [7, 11) is 0. The predicted octanol–water partition coefficient (Wildman–Crippen LogP) is 4.34. The third-order valence-corrected chi connectivity index (χ3v) is 4.06. The molecule has 1 aliphatic rings. The van der Waals surface area contributed by atoms with Gasteiger partial charge in [0, 0.05) is 22.1 Å². The Balaban J connectivity index is 2.37. The van der Waals surface area contributed by atoms with Crippen LogP contribution >= 0.6 is 11.6 Å². The number of benzene rings is 2. The van der Waals surface area contributed by atoms with E-state index in [9.17, 15) is 4.79 Å². The molecule has 0 saturated carbocycles. The van der Waals surface area contributed by atoms with Crippen LogP contribution in [-0.2, 0) is 0 Å². The van der Waals surface area contributed by atoms with E-state index in [2.05, 4.69) is 6.92 Å². The minimum absolute atomic E-state index is 0.0960. The summed E-state index contributed by atoms with van der Waals surface area (Å²) in [5, 5.41) is 0.686. The highest BCUT2D eigenvalue weighted by molar-refractivity contribution is 6.32. The second kappa shape index (κ2) is 3.96. The van der Waals surface area contributed by atoms with Crippen molar-refractivity contribution < 1.29 is 4.79 Å². The lowest BCUT2D eigenvalue weighted by Crippen LogP contribution is -2.19. The van der Waals surface area contributed by atoms with Gasteiger partial charge in [0.1, 0.15) is 0 Å². The van der Waals surface area contributed by atoms with E-state index in [0.717, 1.165) is 27.8 Å². The Labute approximate surface area is 111 Å². The zero-order valence-corrected chi connectivity index (χ0v) is 11.1. The summed E-state index contributed by atoms with van der Waals surface area (Å²) >= 11 is 6.29. The number of carbonyl (C=O) groups excluding carboxylic acids is 1. The van der Waals surface area contributed by atoms with Crippen LogP contribution in [0.2, 0.25) is 5.02 Å². The Bertz CT molecular complexity index is 658. The van der Waals surface area contributed by atoms with Crippen molar-refractivity contribution in [3.8, 4) is 0 Å². The first kappa shape index (κ1) is 11.5. The maximum atomic E-state index is 12.6. The SMILES string of the molecule is Cc1ccc(Cl)c2c1C(=O)c1ccccc1C2C. The molecule has 0 spiro atoms. The molecule has 0 N–H and O–H groups in total. The Morgan fingerprint density at radius 3 is 2.61 bits per heavy atom. The molecule has 0 amide bonds. The van der Waals surface area contributed by atoms with Gasteiger partial charge in [-0.1, -0.05) is 48.9 Å². The van der Waals surface area contributed by atoms with Crippen LogP contribution in [0.3, 0.4) is 0 Å². The van der Waals surface area contributed by atoms with Crippen molar-refractivity contribution in [3.05, 3.63) is 69.2 Å². The second-order valence-corrected chi connectivity index (χ2v) is 5.20. The van der Waals surface area contributed by atoms with Crippen molar-refractivity contribution in [3.63, 3.8) is 0 Å². The van der Waals surface area contributed by atoms with E-state index in [0.29, 0.717) is 5.02 Å². The fourth-order valence-electron chi connectivity index (χ4n) is 2.80. The minimum atomic E-state index is 0.0960. The molecule has 0 saturated heterocycles. The molecule has 18 heavy (non-hydrogen) atoms. The molecule has 0 bridgehead atoms. The van der Waals surface area contributed by atoms with Gasteiger partial charge in [0.25, 0.3) is 0 Å². The maximum Gasteiger partial charge on any atom is 0.193 e. The van der Waals surface area contributed by atoms with E-state index < -0.39 is 0 Å². The summed E-state index contributed by atoms with van der Waals surface area (Å²) < 4.78 is 0. The first-order chi connectivity index (χ1) is 8.61. The lowest BCUT2D eigenvalue weighted by Gasteiger charge is -2.26. The zero-order valence-electron chi connectivity index (χ0n) is 10.3. The third kappa shape index (κ3) is 1.44. The second-order valence-electron chi connectivity index (χ2n) is 4.79. The highest BCUT2D eigenvalue weighted by atomic mass is 35.5.